The lowest BCUT2D eigenvalue weighted by atomic mass is 9.75. The van der Waals surface area contributed by atoms with E-state index in [9.17, 15) is 4.79 Å². The summed E-state index contributed by atoms with van der Waals surface area (Å²) >= 11 is 0. The highest BCUT2D eigenvalue weighted by molar-refractivity contribution is 6.09. The number of aromatic nitrogens is 2. The third kappa shape index (κ3) is 3.22. The molecule has 1 amide bonds. The van der Waals surface area contributed by atoms with Crippen LogP contribution in [-0.2, 0) is 23.8 Å². The SMILES string of the molecule is Cn1cc(-c2ccc(CN3C(=O)C4(CCNC4)c4c(C5CCCC5)cccc43)c(F)c2)cn1. The van der Waals surface area contributed by atoms with Crippen LogP contribution in [0, 0.1) is 5.82 Å². The molecule has 6 rings (SSSR count). The standard InChI is InChI=1S/C27H29FN4O/c1-31-15-21(14-30-31)19-9-10-20(23(28)13-19)16-32-24-8-4-7-22(18-5-2-3-6-18)25(24)27(26(32)33)11-12-29-17-27/h4,7-10,13-15,18,29H,2-3,5-6,11-12,16-17H2,1H3. The van der Waals surface area contributed by atoms with Crippen molar-refractivity contribution < 1.29 is 9.18 Å². The molecule has 1 aromatic heterocycles. The summed E-state index contributed by atoms with van der Waals surface area (Å²) in [5.74, 6) is 0.354. The second-order valence-corrected chi connectivity index (χ2v) is 9.83. The lowest BCUT2D eigenvalue weighted by molar-refractivity contribution is -0.122. The van der Waals surface area contributed by atoms with Gasteiger partial charge in [0.25, 0.3) is 0 Å². The maximum absolute atomic E-state index is 15.2. The van der Waals surface area contributed by atoms with E-state index < -0.39 is 5.41 Å². The highest BCUT2D eigenvalue weighted by Crippen LogP contribution is 2.51. The molecule has 3 aliphatic rings. The Labute approximate surface area is 193 Å². The molecule has 0 radical (unpaired) electrons. The first kappa shape index (κ1) is 20.6. The number of nitrogens with zero attached hydrogens (tertiary/aromatic N) is 3. The highest BCUT2D eigenvalue weighted by atomic mass is 19.1. The summed E-state index contributed by atoms with van der Waals surface area (Å²) in [5.41, 5.74) is 5.22. The van der Waals surface area contributed by atoms with E-state index in [1.807, 2.05) is 30.3 Å². The van der Waals surface area contributed by atoms with Crippen LogP contribution in [0.25, 0.3) is 11.1 Å². The van der Waals surface area contributed by atoms with E-state index in [2.05, 4.69) is 28.6 Å². The number of nitrogens with one attached hydrogen (secondary N) is 1. The van der Waals surface area contributed by atoms with E-state index in [0.717, 1.165) is 29.8 Å². The number of carbonyl (C=O) groups is 1. The van der Waals surface area contributed by atoms with Gasteiger partial charge in [0.2, 0.25) is 5.91 Å². The van der Waals surface area contributed by atoms with Crippen LogP contribution in [-0.4, -0.2) is 28.8 Å². The molecular weight excluding hydrogens is 415 g/mol. The van der Waals surface area contributed by atoms with Gasteiger partial charge in [0.05, 0.1) is 18.2 Å². The lowest BCUT2D eigenvalue weighted by Gasteiger charge is -2.25. The number of hydrogen-bond donors (Lipinski definition) is 1. The molecule has 1 saturated carbocycles. The first-order chi connectivity index (χ1) is 16.1. The summed E-state index contributed by atoms with van der Waals surface area (Å²) < 4.78 is 16.9. The fraction of sp³-hybridized carbons (Fsp3) is 0.407. The number of rotatable bonds is 4. The van der Waals surface area contributed by atoms with Crippen molar-refractivity contribution in [1.29, 1.82) is 0 Å². The molecule has 170 valence electrons. The number of halogens is 1. The Bertz CT molecular complexity index is 1220. The molecule has 5 nitrogen and oxygen atoms in total. The average Bonchev–Trinajstić information content (AvgIpc) is 3.61. The van der Waals surface area contributed by atoms with Gasteiger partial charge in [-0.3, -0.25) is 9.48 Å². The van der Waals surface area contributed by atoms with Crippen LogP contribution in [0.2, 0.25) is 0 Å². The zero-order chi connectivity index (χ0) is 22.6. The van der Waals surface area contributed by atoms with Crippen molar-refractivity contribution >= 4 is 11.6 Å². The molecule has 1 N–H and O–H groups in total. The summed E-state index contributed by atoms with van der Waals surface area (Å²) in [5, 5.41) is 7.62. The molecule has 0 bridgehead atoms. The lowest BCUT2D eigenvalue weighted by Crippen LogP contribution is -2.42. The second-order valence-electron chi connectivity index (χ2n) is 9.83. The normalized spacial score (nSPS) is 22.6. The molecule has 1 saturated heterocycles. The van der Waals surface area contributed by atoms with Crippen molar-refractivity contribution in [3.8, 4) is 11.1 Å². The van der Waals surface area contributed by atoms with Crippen molar-refractivity contribution in [2.24, 2.45) is 7.05 Å². The van der Waals surface area contributed by atoms with Crippen LogP contribution >= 0.6 is 0 Å². The Balaban J connectivity index is 1.38. The van der Waals surface area contributed by atoms with Gasteiger partial charge in [-0.2, -0.15) is 5.10 Å². The Kier molecular flexibility index (Phi) is 4.87. The third-order valence-electron chi connectivity index (χ3n) is 7.87. The number of amides is 1. The van der Waals surface area contributed by atoms with E-state index in [0.29, 0.717) is 18.0 Å². The molecule has 6 heteroatoms. The van der Waals surface area contributed by atoms with E-state index in [1.54, 1.807) is 16.9 Å². The molecule has 1 spiro atoms. The number of carbonyl (C=O) groups excluding carboxylic acids is 1. The molecule has 1 aliphatic carbocycles. The summed E-state index contributed by atoms with van der Waals surface area (Å²) in [7, 11) is 1.85. The molecule has 3 heterocycles. The molecule has 3 aromatic rings. The smallest absolute Gasteiger partial charge is 0.239 e. The minimum Gasteiger partial charge on any atom is -0.315 e. The van der Waals surface area contributed by atoms with Gasteiger partial charge in [-0.05, 0) is 60.5 Å². The van der Waals surface area contributed by atoms with E-state index >= 15 is 4.39 Å². The predicted octanol–water partition coefficient (Wildman–Crippen LogP) is 4.66. The van der Waals surface area contributed by atoms with Gasteiger partial charge in [-0.15, -0.1) is 0 Å². The van der Waals surface area contributed by atoms with Crippen molar-refractivity contribution in [3.05, 3.63) is 71.3 Å². The van der Waals surface area contributed by atoms with Crippen LogP contribution in [0.4, 0.5) is 10.1 Å². The molecule has 2 fully saturated rings. The average molecular weight is 445 g/mol. The zero-order valence-electron chi connectivity index (χ0n) is 19.0. The van der Waals surface area contributed by atoms with Crippen molar-refractivity contribution in [1.82, 2.24) is 15.1 Å². The number of anilines is 1. The molecule has 33 heavy (non-hydrogen) atoms. The van der Waals surface area contributed by atoms with Crippen LogP contribution in [0.15, 0.2) is 48.8 Å². The predicted molar refractivity (Wildman–Crippen MR) is 127 cm³/mol. The van der Waals surface area contributed by atoms with Crippen LogP contribution in [0.1, 0.15) is 54.7 Å². The molecule has 2 aliphatic heterocycles. The third-order valence-corrected chi connectivity index (χ3v) is 7.87. The Morgan fingerprint density at radius 3 is 2.73 bits per heavy atom. The Hall–Kier alpha value is -2.99. The Morgan fingerprint density at radius 1 is 1.18 bits per heavy atom. The first-order valence-electron chi connectivity index (χ1n) is 12.0. The highest BCUT2D eigenvalue weighted by Gasteiger charge is 2.54. The fourth-order valence-corrected chi connectivity index (χ4v) is 6.20. The van der Waals surface area contributed by atoms with Gasteiger partial charge in [-0.25, -0.2) is 4.39 Å². The van der Waals surface area contributed by atoms with Crippen molar-refractivity contribution in [2.45, 2.75) is 50.0 Å². The summed E-state index contributed by atoms with van der Waals surface area (Å²) in [6.45, 7) is 1.76. The molecular formula is C27H29FN4O. The molecule has 2 aromatic carbocycles. The van der Waals surface area contributed by atoms with Crippen molar-refractivity contribution in [2.75, 3.05) is 18.0 Å². The number of benzene rings is 2. The minimum atomic E-state index is -0.513. The van der Waals surface area contributed by atoms with Crippen LogP contribution in [0.3, 0.4) is 0 Å². The van der Waals surface area contributed by atoms with Gasteiger partial charge >= 0.3 is 0 Å². The first-order valence-corrected chi connectivity index (χ1v) is 12.0. The maximum Gasteiger partial charge on any atom is 0.239 e. The largest absolute Gasteiger partial charge is 0.315 e. The maximum atomic E-state index is 15.2. The van der Waals surface area contributed by atoms with E-state index in [1.165, 1.54) is 36.8 Å². The van der Waals surface area contributed by atoms with E-state index in [4.69, 9.17) is 0 Å². The van der Waals surface area contributed by atoms with Gasteiger partial charge in [0.1, 0.15) is 5.82 Å². The number of hydrogen-bond acceptors (Lipinski definition) is 3. The summed E-state index contributed by atoms with van der Waals surface area (Å²) in [6, 6.07) is 11.6. The molecule has 1 atom stereocenters. The molecule has 1 unspecified atom stereocenters. The van der Waals surface area contributed by atoms with Gasteiger partial charge in [0, 0.05) is 36.6 Å². The summed E-state index contributed by atoms with van der Waals surface area (Å²) in [4.78, 5) is 15.7. The van der Waals surface area contributed by atoms with Gasteiger partial charge in [0.15, 0.2) is 0 Å². The monoisotopic (exact) mass is 444 g/mol. The van der Waals surface area contributed by atoms with Crippen LogP contribution < -0.4 is 10.2 Å². The van der Waals surface area contributed by atoms with Crippen LogP contribution in [0.5, 0.6) is 0 Å². The topological polar surface area (TPSA) is 50.2 Å². The van der Waals surface area contributed by atoms with E-state index in [-0.39, 0.29) is 18.3 Å². The zero-order valence-corrected chi connectivity index (χ0v) is 19.0. The summed E-state index contributed by atoms with van der Waals surface area (Å²) in [6.07, 6.45) is 9.31. The number of fused-ring (bicyclic) bond motifs is 2. The van der Waals surface area contributed by atoms with Crippen molar-refractivity contribution in [3.63, 3.8) is 0 Å². The van der Waals surface area contributed by atoms with Gasteiger partial charge < -0.3 is 10.2 Å². The quantitative estimate of drug-likeness (QED) is 0.637. The Morgan fingerprint density at radius 2 is 2.03 bits per heavy atom. The number of aryl methyl sites for hydroxylation is 1. The van der Waals surface area contributed by atoms with Gasteiger partial charge in [-0.1, -0.05) is 37.1 Å². The second kappa shape index (κ2) is 7.80. The fourth-order valence-electron chi connectivity index (χ4n) is 6.20. The minimum absolute atomic E-state index is 0.115.